The van der Waals surface area contributed by atoms with Crippen LogP contribution in [0.4, 0.5) is 11.4 Å². The van der Waals surface area contributed by atoms with E-state index in [0.717, 1.165) is 11.9 Å². The first-order valence-corrected chi connectivity index (χ1v) is 14.0. The molecule has 3 N–H and O–H groups in total. The number of thiocarbonyl (C=S) groups is 1. The van der Waals surface area contributed by atoms with Gasteiger partial charge in [0.15, 0.2) is 5.11 Å². The predicted octanol–water partition coefficient (Wildman–Crippen LogP) is 4.60. The third kappa shape index (κ3) is 5.42. The van der Waals surface area contributed by atoms with Crippen molar-refractivity contribution in [2.75, 3.05) is 23.0 Å². The molecule has 0 spiro atoms. The number of hydrogen-bond donors (Lipinski definition) is 3. The van der Waals surface area contributed by atoms with Crippen molar-refractivity contribution in [1.82, 2.24) is 10.3 Å². The maximum atomic E-state index is 11.8. The van der Waals surface area contributed by atoms with Gasteiger partial charge in [-0.25, -0.2) is 13.2 Å². The molecule has 1 aliphatic rings. The van der Waals surface area contributed by atoms with Crippen LogP contribution in [0.25, 0.3) is 11.3 Å². The van der Waals surface area contributed by atoms with Crippen LogP contribution in [0, 0.1) is 0 Å². The van der Waals surface area contributed by atoms with E-state index in [1.165, 1.54) is 13.2 Å². The first-order chi connectivity index (χ1) is 18.6. The van der Waals surface area contributed by atoms with Gasteiger partial charge in [-0.3, -0.25) is 9.71 Å². The number of methoxy groups -OCH3 is 1. The molecule has 5 rings (SSSR count). The second-order valence-corrected chi connectivity index (χ2v) is 11.0. The highest BCUT2D eigenvalue weighted by atomic mass is 32.2. The molecule has 0 amide bonds. The lowest BCUT2D eigenvalue weighted by Gasteiger charge is -2.27. The Bertz CT molecular complexity index is 1660. The number of rotatable bonds is 8. The van der Waals surface area contributed by atoms with Gasteiger partial charge in [0.1, 0.15) is 23.3 Å². The van der Waals surface area contributed by atoms with E-state index >= 15 is 0 Å². The molecule has 2 aromatic carbocycles. The van der Waals surface area contributed by atoms with Crippen molar-refractivity contribution in [3.05, 3.63) is 96.0 Å². The SMILES string of the molecule is COc1cc(N2C(=S)N[C@@H](c3ccccn3)[C@H]2c2ccc(-c3cccc(C(=O)O)c3)o2)ccc1NS(C)(=O)=O. The lowest BCUT2D eigenvalue weighted by molar-refractivity contribution is 0.0697. The number of sulfonamides is 1. The van der Waals surface area contributed by atoms with Crippen molar-refractivity contribution in [3.63, 3.8) is 0 Å². The van der Waals surface area contributed by atoms with Crippen molar-refractivity contribution in [3.8, 4) is 17.1 Å². The first-order valence-electron chi connectivity index (χ1n) is 11.7. The summed E-state index contributed by atoms with van der Waals surface area (Å²) in [5.74, 6) is 0.339. The Balaban J connectivity index is 1.59. The Morgan fingerprint density at radius 3 is 2.64 bits per heavy atom. The van der Waals surface area contributed by atoms with E-state index in [9.17, 15) is 18.3 Å². The molecule has 3 heterocycles. The fourth-order valence-electron chi connectivity index (χ4n) is 4.51. The van der Waals surface area contributed by atoms with Crippen molar-refractivity contribution in [1.29, 1.82) is 0 Å². The van der Waals surface area contributed by atoms with Crippen LogP contribution in [0.2, 0.25) is 0 Å². The van der Waals surface area contributed by atoms with Crippen LogP contribution in [0.5, 0.6) is 5.75 Å². The van der Waals surface area contributed by atoms with Gasteiger partial charge in [-0.15, -0.1) is 0 Å². The van der Waals surface area contributed by atoms with Gasteiger partial charge >= 0.3 is 5.97 Å². The van der Waals surface area contributed by atoms with Crippen LogP contribution in [0.3, 0.4) is 0 Å². The van der Waals surface area contributed by atoms with Crippen LogP contribution in [0.1, 0.15) is 33.9 Å². The number of carboxylic acid groups (broad SMARTS) is 1. The Morgan fingerprint density at radius 1 is 1.13 bits per heavy atom. The third-order valence-corrected chi connectivity index (χ3v) is 7.07. The van der Waals surface area contributed by atoms with E-state index in [0.29, 0.717) is 39.3 Å². The maximum Gasteiger partial charge on any atom is 0.335 e. The number of aromatic carboxylic acids is 1. The summed E-state index contributed by atoms with van der Waals surface area (Å²) in [6.07, 6.45) is 2.76. The molecule has 12 heteroatoms. The smallest absolute Gasteiger partial charge is 0.335 e. The molecule has 1 aliphatic heterocycles. The Hall–Kier alpha value is -4.42. The summed E-state index contributed by atoms with van der Waals surface area (Å²) in [7, 11) is -2.08. The summed E-state index contributed by atoms with van der Waals surface area (Å²) < 4.78 is 37.9. The van der Waals surface area contributed by atoms with Crippen molar-refractivity contribution in [2.24, 2.45) is 0 Å². The quantitative estimate of drug-likeness (QED) is 0.261. The summed E-state index contributed by atoms with van der Waals surface area (Å²) in [6, 6.07) is 19.9. The largest absolute Gasteiger partial charge is 0.494 e. The lowest BCUT2D eigenvalue weighted by atomic mass is 10.0. The van der Waals surface area contributed by atoms with E-state index in [1.807, 2.05) is 29.2 Å². The fraction of sp³-hybridized carbons (Fsp3) is 0.148. The van der Waals surface area contributed by atoms with Gasteiger partial charge in [0.25, 0.3) is 0 Å². The summed E-state index contributed by atoms with van der Waals surface area (Å²) in [4.78, 5) is 17.9. The van der Waals surface area contributed by atoms with Gasteiger partial charge in [0, 0.05) is 23.5 Å². The average Bonchev–Trinajstić information content (AvgIpc) is 3.53. The molecule has 1 fully saturated rings. The number of furan rings is 1. The molecular weight excluding hydrogens is 540 g/mol. The molecule has 39 heavy (non-hydrogen) atoms. The molecule has 0 bridgehead atoms. The van der Waals surface area contributed by atoms with E-state index in [4.69, 9.17) is 21.4 Å². The standard InChI is InChI=1S/C27H24N4O6S2/c1-36-23-15-18(9-10-19(23)30-39(2,34)35)31-25(24(29-27(31)38)20-8-3-4-13-28-20)22-12-11-21(37-22)16-6-5-7-17(14-16)26(32)33/h3-15,24-25,30H,1-2H3,(H,29,38)(H,32,33)/t24-,25+/m0/s1. The lowest BCUT2D eigenvalue weighted by Crippen LogP contribution is -2.29. The molecule has 0 saturated carbocycles. The zero-order valence-electron chi connectivity index (χ0n) is 20.9. The number of anilines is 2. The third-order valence-electron chi connectivity index (χ3n) is 6.17. The molecule has 10 nitrogen and oxygen atoms in total. The minimum atomic E-state index is -3.52. The van der Waals surface area contributed by atoms with Crippen LogP contribution >= 0.6 is 12.2 Å². The van der Waals surface area contributed by atoms with Crippen LogP contribution in [-0.2, 0) is 10.0 Å². The van der Waals surface area contributed by atoms with Gasteiger partial charge in [-0.05, 0) is 60.7 Å². The monoisotopic (exact) mass is 564 g/mol. The maximum absolute atomic E-state index is 11.8. The highest BCUT2D eigenvalue weighted by Crippen LogP contribution is 2.44. The summed E-state index contributed by atoms with van der Waals surface area (Å²) in [5.41, 5.74) is 2.43. The molecular formula is C27H24N4O6S2. The van der Waals surface area contributed by atoms with E-state index in [1.54, 1.807) is 48.7 Å². The summed E-state index contributed by atoms with van der Waals surface area (Å²) in [6.45, 7) is 0. The summed E-state index contributed by atoms with van der Waals surface area (Å²) >= 11 is 5.75. The molecule has 4 aromatic rings. The van der Waals surface area contributed by atoms with Gasteiger partial charge in [-0.2, -0.15) is 0 Å². The highest BCUT2D eigenvalue weighted by molar-refractivity contribution is 7.92. The number of ether oxygens (including phenoxy) is 1. The predicted molar refractivity (Wildman–Crippen MR) is 150 cm³/mol. The Kier molecular flexibility index (Phi) is 6.98. The van der Waals surface area contributed by atoms with Crippen LogP contribution in [-0.4, -0.2) is 43.0 Å². The van der Waals surface area contributed by atoms with Crippen molar-refractivity contribution >= 4 is 44.7 Å². The number of hydrogen-bond acceptors (Lipinski definition) is 7. The van der Waals surface area contributed by atoms with Crippen LogP contribution in [0.15, 0.2) is 83.4 Å². The molecule has 0 aliphatic carbocycles. The second kappa shape index (κ2) is 10.4. The minimum Gasteiger partial charge on any atom is -0.494 e. The second-order valence-electron chi connectivity index (χ2n) is 8.84. The first kappa shape index (κ1) is 26.2. The molecule has 0 radical (unpaired) electrons. The highest BCUT2D eigenvalue weighted by Gasteiger charge is 2.43. The molecule has 1 saturated heterocycles. The van der Waals surface area contributed by atoms with Gasteiger partial charge in [-0.1, -0.05) is 18.2 Å². The zero-order valence-corrected chi connectivity index (χ0v) is 22.5. The van der Waals surface area contributed by atoms with Gasteiger partial charge in [0.2, 0.25) is 10.0 Å². The normalized spacial score (nSPS) is 17.1. The zero-order chi connectivity index (χ0) is 27.7. The van der Waals surface area contributed by atoms with Gasteiger partial charge < -0.3 is 24.5 Å². The van der Waals surface area contributed by atoms with Crippen molar-refractivity contribution < 1.29 is 27.5 Å². The van der Waals surface area contributed by atoms with E-state index in [-0.39, 0.29) is 11.6 Å². The number of carbonyl (C=O) groups is 1. The van der Waals surface area contributed by atoms with E-state index < -0.39 is 22.0 Å². The Labute approximate surface area is 230 Å². The Morgan fingerprint density at radius 2 is 1.95 bits per heavy atom. The number of nitrogens with one attached hydrogen (secondary N) is 2. The molecule has 2 aromatic heterocycles. The van der Waals surface area contributed by atoms with Crippen molar-refractivity contribution in [2.45, 2.75) is 12.1 Å². The van der Waals surface area contributed by atoms with Crippen LogP contribution < -0.4 is 19.7 Å². The topological polar surface area (TPSA) is 134 Å². The molecule has 200 valence electrons. The average molecular weight is 565 g/mol. The molecule has 2 atom stereocenters. The number of aromatic nitrogens is 1. The number of benzene rings is 2. The summed E-state index contributed by atoms with van der Waals surface area (Å²) in [5, 5.41) is 13.1. The molecule has 0 unspecified atom stereocenters. The number of carboxylic acids is 1. The fourth-order valence-corrected chi connectivity index (χ4v) is 5.42. The van der Waals surface area contributed by atoms with E-state index in [2.05, 4.69) is 15.0 Å². The van der Waals surface area contributed by atoms with Gasteiger partial charge in [0.05, 0.1) is 36.4 Å². The number of pyridine rings is 1. The minimum absolute atomic E-state index is 0.150. The number of nitrogens with zero attached hydrogens (tertiary/aromatic N) is 2.